The first kappa shape index (κ1) is 13.0. The summed E-state index contributed by atoms with van der Waals surface area (Å²) in [5.74, 6) is 0.830. The van der Waals surface area contributed by atoms with E-state index >= 15 is 0 Å². The first-order valence-electron chi connectivity index (χ1n) is 5.49. The van der Waals surface area contributed by atoms with Gasteiger partial charge in [0, 0.05) is 5.54 Å². The van der Waals surface area contributed by atoms with E-state index in [1.807, 2.05) is 24.3 Å². The lowest BCUT2D eigenvalue weighted by Gasteiger charge is -2.27. The zero-order chi connectivity index (χ0) is 12.2. The van der Waals surface area contributed by atoms with E-state index in [1.165, 1.54) is 0 Å². The highest BCUT2D eigenvalue weighted by Gasteiger charge is 2.17. The summed E-state index contributed by atoms with van der Waals surface area (Å²) < 4.78 is 5.10. The molecule has 0 aliphatic heterocycles. The van der Waals surface area contributed by atoms with E-state index in [0.717, 1.165) is 11.3 Å². The molecule has 0 amide bonds. The number of nitrogens with one attached hydrogen (secondary N) is 1. The van der Waals surface area contributed by atoms with Gasteiger partial charge in [-0.15, -0.1) is 0 Å². The van der Waals surface area contributed by atoms with Gasteiger partial charge in [-0.25, -0.2) is 0 Å². The Bertz CT molecular complexity index is 314. The quantitative estimate of drug-likeness (QED) is 0.821. The van der Waals surface area contributed by atoms with Gasteiger partial charge in [0.2, 0.25) is 0 Å². The Morgan fingerprint density at radius 3 is 2.19 bits per heavy atom. The summed E-state index contributed by atoms with van der Waals surface area (Å²) in [6.45, 7) is 6.33. The first-order valence-corrected chi connectivity index (χ1v) is 5.49. The van der Waals surface area contributed by atoms with E-state index in [2.05, 4.69) is 26.1 Å². The zero-order valence-corrected chi connectivity index (χ0v) is 10.4. The lowest BCUT2D eigenvalue weighted by atomic mass is 10.0. The number of methoxy groups -OCH3 is 1. The molecule has 2 N–H and O–H groups in total. The van der Waals surface area contributed by atoms with Crippen molar-refractivity contribution >= 4 is 0 Å². The van der Waals surface area contributed by atoms with Gasteiger partial charge in [-0.1, -0.05) is 12.1 Å². The molecule has 0 aromatic heterocycles. The van der Waals surface area contributed by atoms with Crippen LogP contribution in [0.1, 0.15) is 32.4 Å². The van der Waals surface area contributed by atoms with Crippen LogP contribution in [0.25, 0.3) is 0 Å². The maximum absolute atomic E-state index is 9.38. The molecular formula is C13H21NO2. The lowest BCUT2D eigenvalue weighted by Crippen LogP contribution is -2.40. The fourth-order valence-electron chi connectivity index (χ4n) is 1.59. The number of hydrogen-bond acceptors (Lipinski definition) is 3. The van der Waals surface area contributed by atoms with Crippen LogP contribution in [0.15, 0.2) is 24.3 Å². The number of aliphatic hydroxyl groups is 1. The molecule has 0 heterocycles. The van der Waals surface area contributed by atoms with Crippen molar-refractivity contribution in [1.82, 2.24) is 5.32 Å². The number of rotatable bonds is 4. The SMILES string of the molecule is COc1ccc([C@@H](CO)NC(C)(C)C)cc1. The van der Waals surface area contributed by atoms with E-state index in [4.69, 9.17) is 4.74 Å². The van der Waals surface area contributed by atoms with E-state index < -0.39 is 0 Å². The van der Waals surface area contributed by atoms with Gasteiger partial charge in [0.1, 0.15) is 5.75 Å². The normalized spacial score (nSPS) is 13.6. The van der Waals surface area contributed by atoms with E-state index in [1.54, 1.807) is 7.11 Å². The average Bonchev–Trinajstić information content (AvgIpc) is 2.25. The van der Waals surface area contributed by atoms with Gasteiger partial charge < -0.3 is 15.2 Å². The van der Waals surface area contributed by atoms with Crippen molar-refractivity contribution in [3.8, 4) is 5.75 Å². The lowest BCUT2D eigenvalue weighted by molar-refractivity contribution is 0.217. The van der Waals surface area contributed by atoms with Crippen LogP contribution in [0.4, 0.5) is 0 Å². The number of benzene rings is 1. The highest BCUT2D eigenvalue weighted by Crippen LogP contribution is 2.19. The molecule has 0 aliphatic carbocycles. The molecule has 1 atom stereocenters. The van der Waals surface area contributed by atoms with Crippen molar-refractivity contribution in [2.45, 2.75) is 32.4 Å². The highest BCUT2D eigenvalue weighted by molar-refractivity contribution is 5.29. The summed E-state index contributed by atoms with van der Waals surface area (Å²) >= 11 is 0. The second kappa shape index (κ2) is 5.32. The Hall–Kier alpha value is -1.06. The van der Waals surface area contributed by atoms with Gasteiger partial charge in [-0.2, -0.15) is 0 Å². The molecule has 0 radical (unpaired) electrons. The Balaban J connectivity index is 2.79. The van der Waals surface area contributed by atoms with Crippen molar-refractivity contribution in [1.29, 1.82) is 0 Å². The summed E-state index contributed by atoms with van der Waals surface area (Å²) in [6.07, 6.45) is 0. The minimum absolute atomic E-state index is 0.0205. The van der Waals surface area contributed by atoms with Crippen LogP contribution in [0.5, 0.6) is 5.75 Å². The summed E-state index contributed by atoms with van der Waals surface area (Å²) in [7, 11) is 1.64. The fraction of sp³-hybridized carbons (Fsp3) is 0.538. The monoisotopic (exact) mass is 223 g/mol. The zero-order valence-electron chi connectivity index (χ0n) is 10.4. The van der Waals surface area contributed by atoms with Crippen molar-refractivity contribution < 1.29 is 9.84 Å². The predicted molar refractivity (Wildman–Crippen MR) is 65.7 cm³/mol. The molecule has 3 heteroatoms. The first-order chi connectivity index (χ1) is 7.46. The Kier molecular flexibility index (Phi) is 4.33. The molecule has 0 bridgehead atoms. The topological polar surface area (TPSA) is 41.5 Å². The van der Waals surface area contributed by atoms with Crippen LogP contribution in [0.3, 0.4) is 0 Å². The largest absolute Gasteiger partial charge is 0.497 e. The Morgan fingerprint density at radius 1 is 1.25 bits per heavy atom. The molecule has 0 aliphatic rings. The maximum atomic E-state index is 9.38. The van der Waals surface area contributed by atoms with Crippen LogP contribution in [0, 0.1) is 0 Å². The van der Waals surface area contributed by atoms with Gasteiger partial charge in [0.15, 0.2) is 0 Å². The van der Waals surface area contributed by atoms with Gasteiger partial charge >= 0.3 is 0 Å². The predicted octanol–water partition coefficient (Wildman–Crippen LogP) is 2.12. The fourth-order valence-corrected chi connectivity index (χ4v) is 1.59. The van der Waals surface area contributed by atoms with Crippen molar-refractivity contribution in [3.63, 3.8) is 0 Å². The summed E-state index contributed by atoms with van der Waals surface area (Å²) in [6, 6.07) is 7.72. The van der Waals surface area contributed by atoms with E-state index in [9.17, 15) is 5.11 Å². The molecule has 1 rings (SSSR count). The number of hydrogen-bond donors (Lipinski definition) is 2. The van der Waals surface area contributed by atoms with Crippen LogP contribution < -0.4 is 10.1 Å². The van der Waals surface area contributed by atoms with Crippen molar-refractivity contribution in [2.75, 3.05) is 13.7 Å². The molecule has 0 saturated carbocycles. The second-order valence-corrected chi connectivity index (χ2v) is 4.90. The summed E-state index contributed by atoms with van der Waals surface area (Å²) in [4.78, 5) is 0. The molecule has 0 unspecified atom stereocenters. The molecule has 1 aromatic carbocycles. The van der Waals surface area contributed by atoms with Gasteiger partial charge in [0.05, 0.1) is 19.8 Å². The molecule has 90 valence electrons. The van der Waals surface area contributed by atoms with Crippen molar-refractivity contribution in [2.24, 2.45) is 0 Å². The van der Waals surface area contributed by atoms with Gasteiger partial charge in [-0.3, -0.25) is 0 Å². The molecule has 0 saturated heterocycles. The average molecular weight is 223 g/mol. The van der Waals surface area contributed by atoms with Crippen LogP contribution in [-0.2, 0) is 0 Å². The smallest absolute Gasteiger partial charge is 0.118 e. The minimum Gasteiger partial charge on any atom is -0.497 e. The third kappa shape index (κ3) is 3.83. The minimum atomic E-state index is -0.0362. The highest BCUT2D eigenvalue weighted by atomic mass is 16.5. The molecule has 1 aromatic rings. The maximum Gasteiger partial charge on any atom is 0.118 e. The molecule has 0 spiro atoms. The van der Waals surface area contributed by atoms with Crippen LogP contribution >= 0.6 is 0 Å². The third-order valence-corrected chi connectivity index (χ3v) is 2.31. The Labute approximate surface area is 97.4 Å². The third-order valence-electron chi connectivity index (χ3n) is 2.31. The molecule has 16 heavy (non-hydrogen) atoms. The Morgan fingerprint density at radius 2 is 1.81 bits per heavy atom. The van der Waals surface area contributed by atoms with Crippen LogP contribution in [-0.4, -0.2) is 24.4 Å². The van der Waals surface area contributed by atoms with E-state index in [0.29, 0.717) is 0 Å². The summed E-state index contributed by atoms with van der Waals surface area (Å²) in [5, 5.41) is 12.7. The standard InChI is InChI=1S/C13H21NO2/c1-13(2,3)14-12(9-15)10-5-7-11(16-4)8-6-10/h5-8,12,14-15H,9H2,1-4H3/t12-/m1/s1. The molecule has 0 fully saturated rings. The van der Waals surface area contributed by atoms with Crippen LogP contribution in [0.2, 0.25) is 0 Å². The van der Waals surface area contributed by atoms with Crippen molar-refractivity contribution in [3.05, 3.63) is 29.8 Å². The molecular weight excluding hydrogens is 202 g/mol. The molecule has 3 nitrogen and oxygen atoms in total. The van der Waals surface area contributed by atoms with E-state index in [-0.39, 0.29) is 18.2 Å². The van der Waals surface area contributed by atoms with Gasteiger partial charge in [-0.05, 0) is 38.5 Å². The van der Waals surface area contributed by atoms with Gasteiger partial charge in [0.25, 0.3) is 0 Å². The second-order valence-electron chi connectivity index (χ2n) is 4.90. The number of ether oxygens (including phenoxy) is 1. The number of aliphatic hydroxyl groups excluding tert-OH is 1. The summed E-state index contributed by atoms with van der Waals surface area (Å²) in [5.41, 5.74) is 1.05.